The topological polar surface area (TPSA) is 9.23 Å². The Morgan fingerprint density at radius 1 is 1.06 bits per heavy atom. The minimum Gasteiger partial charge on any atom is -0.497 e. The van der Waals surface area contributed by atoms with E-state index in [0.29, 0.717) is 9.52 Å². The Balaban J connectivity index is 2.30. The van der Waals surface area contributed by atoms with Crippen LogP contribution in [-0.4, -0.2) is 16.6 Å². The fourth-order valence-electron chi connectivity index (χ4n) is 1.45. The lowest BCUT2D eigenvalue weighted by Gasteiger charge is -2.07. The molecule has 0 fully saturated rings. The van der Waals surface area contributed by atoms with Gasteiger partial charge in [-0.2, -0.15) is 0 Å². The first-order valence-electron chi connectivity index (χ1n) is 4.95. The summed E-state index contributed by atoms with van der Waals surface area (Å²) in [6, 6.07) is 14.6. The molecule has 0 saturated carbocycles. The second kappa shape index (κ2) is 4.94. The van der Waals surface area contributed by atoms with Crippen molar-refractivity contribution in [2.75, 3.05) is 7.11 Å². The molecule has 0 amide bonds. The van der Waals surface area contributed by atoms with Crippen LogP contribution in [0, 0.1) is 5.82 Å². The van der Waals surface area contributed by atoms with Crippen molar-refractivity contribution in [3.05, 3.63) is 54.3 Å². The number of rotatable bonds is 3. The molecule has 0 unspecified atom stereocenters. The van der Waals surface area contributed by atoms with Gasteiger partial charge in [-0.15, -0.1) is 0 Å². The molecule has 2 rings (SSSR count). The summed E-state index contributed by atoms with van der Waals surface area (Å²) < 4.78 is 18.3. The maximum absolute atomic E-state index is 13.1. The second-order valence-electron chi connectivity index (χ2n) is 3.34. The summed E-state index contributed by atoms with van der Waals surface area (Å²) in [4.78, 5) is 0. The second-order valence-corrected chi connectivity index (χ2v) is 4.70. The average Bonchev–Trinajstić information content (AvgIpc) is 2.31. The van der Waals surface area contributed by atoms with E-state index in [4.69, 9.17) is 4.74 Å². The van der Waals surface area contributed by atoms with Crippen molar-refractivity contribution in [1.82, 2.24) is 0 Å². The molecule has 0 spiro atoms. The number of halogens is 1. The molecule has 0 saturated heterocycles. The molecule has 16 heavy (non-hydrogen) atoms. The lowest BCUT2D eigenvalue weighted by atomic mass is 10.3. The van der Waals surface area contributed by atoms with Crippen LogP contribution >= 0.6 is 0 Å². The molecule has 0 aliphatic heterocycles. The lowest BCUT2D eigenvalue weighted by Crippen LogP contribution is -2.28. The van der Waals surface area contributed by atoms with Gasteiger partial charge in [-0.25, -0.2) is 4.39 Å². The molecule has 0 aromatic heterocycles. The maximum Gasteiger partial charge on any atom is 0.126 e. The predicted octanol–water partition coefficient (Wildman–Crippen LogP) is 1.49. The molecular weight excluding hydrogens is 219 g/mol. The minimum atomic E-state index is -0.223. The maximum atomic E-state index is 13.1. The molecule has 80 valence electrons. The summed E-state index contributed by atoms with van der Waals surface area (Å²) >= 11 is 0. The van der Waals surface area contributed by atoms with Crippen LogP contribution < -0.4 is 15.1 Å². The van der Waals surface area contributed by atoms with E-state index < -0.39 is 0 Å². The third-order valence-corrected chi connectivity index (χ3v) is 3.50. The van der Waals surface area contributed by atoms with Gasteiger partial charge in [-0.1, -0.05) is 35.5 Å². The smallest absolute Gasteiger partial charge is 0.126 e. The Morgan fingerprint density at radius 2 is 1.81 bits per heavy atom. The largest absolute Gasteiger partial charge is 0.497 e. The van der Waals surface area contributed by atoms with Crippen LogP contribution in [0.3, 0.4) is 0 Å². The molecule has 2 radical (unpaired) electrons. The van der Waals surface area contributed by atoms with Crippen LogP contribution in [0.4, 0.5) is 4.39 Å². The molecule has 0 atom stereocenters. The molecule has 0 N–H and O–H groups in total. The Hall–Kier alpha value is -1.61. The SMILES string of the molecule is COc1ccc(F)cc1[Si]c1ccccc1. The number of ether oxygens (including phenoxy) is 1. The first kappa shape index (κ1) is 10.9. The molecule has 2 aromatic carbocycles. The summed E-state index contributed by atoms with van der Waals surface area (Å²) in [5, 5.41) is 2.07. The highest BCUT2D eigenvalue weighted by molar-refractivity contribution is 6.68. The summed E-state index contributed by atoms with van der Waals surface area (Å²) in [7, 11) is 2.02. The molecule has 0 heterocycles. The van der Waals surface area contributed by atoms with Crippen LogP contribution in [0.15, 0.2) is 48.5 Å². The van der Waals surface area contributed by atoms with Crippen LogP contribution in [0.25, 0.3) is 0 Å². The molecule has 2 aromatic rings. The normalized spacial score (nSPS) is 10.1. The van der Waals surface area contributed by atoms with Crippen LogP contribution in [0.1, 0.15) is 0 Å². The highest BCUT2D eigenvalue weighted by Gasteiger charge is 2.06. The van der Waals surface area contributed by atoms with Crippen molar-refractivity contribution in [2.24, 2.45) is 0 Å². The summed E-state index contributed by atoms with van der Waals surface area (Å²) in [5.41, 5.74) is 0. The lowest BCUT2D eigenvalue weighted by molar-refractivity contribution is 0.417. The van der Waals surface area contributed by atoms with E-state index in [-0.39, 0.29) is 5.82 Å². The Labute approximate surface area is 96.7 Å². The standard InChI is InChI=1S/C13H11FOSi/c1-15-12-8-7-10(14)9-13(12)16-11-5-3-2-4-6-11/h2-9H,1H3. The van der Waals surface area contributed by atoms with Gasteiger partial charge in [0.25, 0.3) is 0 Å². The molecule has 0 bridgehead atoms. The van der Waals surface area contributed by atoms with E-state index in [1.165, 1.54) is 17.3 Å². The van der Waals surface area contributed by atoms with E-state index in [0.717, 1.165) is 10.9 Å². The zero-order valence-electron chi connectivity index (χ0n) is 8.91. The fraction of sp³-hybridized carbons (Fsp3) is 0.0769. The van der Waals surface area contributed by atoms with E-state index in [9.17, 15) is 4.39 Å². The quantitative estimate of drug-likeness (QED) is 0.726. The van der Waals surface area contributed by atoms with Gasteiger partial charge in [-0.05, 0) is 23.4 Å². The monoisotopic (exact) mass is 230 g/mol. The van der Waals surface area contributed by atoms with Crippen LogP contribution in [0.5, 0.6) is 5.75 Å². The van der Waals surface area contributed by atoms with Gasteiger partial charge in [0.05, 0.1) is 7.11 Å². The van der Waals surface area contributed by atoms with Crippen molar-refractivity contribution in [2.45, 2.75) is 0 Å². The third-order valence-electron chi connectivity index (χ3n) is 2.21. The third kappa shape index (κ3) is 2.49. The Bertz CT molecular complexity index is 471. The summed E-state index contributed by atoms with van der Waals surface area (Å²) in [6.07, 6.45) is 0. The van der Waals surface area contributed by atoms with Crippen molar-refractivity contribution < 1.29 is 9.13 Å². The van der Waals surface area contributed by atoms with Gasteiger partial charge < -0.3 is 4.74 Å². The van der Waals surface area contributed by atoms with Crippen molar-refractivity contribution >= 4 is 19.9 Å². The van der Waals surface area contributed by atoms with Crippen molar-refractivity contribution in [3.63, 3.8) is 0 Å². The first-order valence-corrected chi connectivity index (χ1v) is 5.95. The first-order chi connectivity index (χ1) is 7.79. The van der Waals surface area contributed by atoms with E-state index >= 15 is 0 Å². The van der Waals surface area contributed by atoms with E-state index in [1.807, 2.05) is 30.3 Å². The fourth-order valence-corrected chi connectivity index (χ4v) is 2.64. The van der Waals surface area contributed by atoms with Crippen molar-refractivity contribution in [3.8, 4) is 5.75 Å². The Morgan fingerprint density at radius 3 is 2.50 bits per heavy atom. The number of methoxy groups -OCH3 is 1. The van der Waals surface area contributed by atoms with Crippen LogP contribution in [-0.2, 0) is 0 Å². The van der Waals surface area contributed by atoms with Gasteiger partial charge in [0.15, 0.2) is 0 Å². The summed E-state index contributed by atoms with van der Waals surface area (Å²) in [6.45, 7) is 0. The van der Waals surface area contributed by atoms with Gasteiger partial charge in [0.2, 0.25) is 0 Å². The number of benzene rings is 2. The van der Waals surface area contributed by atoms with Gasteiger partial charge in [0.1, 0.15) is 21.1 Å². The highest BCUT2D eigenvalue weighted by Crippen LogP contribution is 2.07. The van der Waals surface area contributed by atoms with E-state index in [1.54, 1.807) is 13.2 Å². The van der Waals surface area contributed by atoms with Gasteiger partial charge in [0, 0.05) is 0 Å². The van der Waals surface area contributed by atoms with Crippen LogP contribution in [0.2, 0.25) is 0 Å². The van der Waals surface area contributed by atoms with Gasteiger partial charge in [-0.3, -0.25) is 0 Å². The zero-order valence-corrected chi connectivity index (χ0v) is 9.91. The minimum absolute atomic E-state index is 0.223. The summed E-state index contributed by atoms with van der Waals surface area (Å²) in [5.74, 6) is 0.516. The molecule has 3 heteroatoms. The zero-order chi connectivity index (χ0) is 11.4. The molecular formula is C13H11FOSi. The molecule has 1 nitrogen and oxygen atoms in total. The average molecular weight is 230 g/mol. The Kier molecular flexibility index (Phi) is 3.36. The predicted molar refractivity (Wildman–Crippen MR) is 64.4 cm³/mol. The van der Waals surface area contributed by atoms with Gasteiger partial charge >= 0.3 is 0 Å². The molecule has 0 aliphatic rings. The number of hydrogen-bond donors (Lipinski definition) is 0. The van der Waals surface area contributed by atoms with Crippen molar-refractivity contribution in [1.29, 1.82) is 0 Å². The molecule has 0 aliphatic carbocycles. The number of hydrogen-bond acceptors (Lipinski definition) is 1. The highest BCUT2D eigenvalue weighted by atomic mass is 28.2. The van der Waals surface area contributed by atoms with E-state index in [2.05, 4.69) is 0 Å².